The maximum Gasteiger partial charge on any atom is 0.335 e. The number of fused-ring (bicyclic) bond motifs is 1. The van der Waals surface area contributed by atoms with Gasteiger partial charge < -0.3 is 15.2 Å². The van der Waals surface area contributed by atoms with Crippen LogP contribution in [0.1, 0.15) is 30.1 Å². The molecule has 1 aromatic heterocycles. The van der Waals surface area contributed by atoms with Crippen molar-refractivity contribution in [3.8, 4) is 0 Å². The Labute approximate surface area is 123 Å². The molecule has 2 rings (SSSR count). The monoisotopic (exact) mass is 289 g/mol. The standard InChI is InChI=1S/C15H19N3O3/c1-2-3-7-21-8-6-16-14-12-5-4-11(15(19)20)9-13(12)17-10-18-14/h4-5,9-10H,2-3,6-8H2,1H3,(H,19,20)(H,16,17,18). The Bertz CT molecular complexity index is 616. The molecule has 0 aliphatic heterocycles. The number of ether oxygens (including phenoxy) is 1. The number of carboxylic acid groups (broad SMARTS) is 1. The van der Waals surface area contributed by atoms with Gasteiger partial charge in [0.2, 0.25) is 0 Å². The van der Waals surface area contributed by atoms with Gasteiger partial charge in [0.25, 0.3) is 0 Å². The Morgan fingerprint density at radius 2 is 2.19 bits per heavy atom. The maximum absolute atomic E-state index is 11.0. The predicted molar refractivity (Wildman–Crippen MR) is 80.7 cm³/mol. The lowest BCUT2D eigenvalue weighted by molar-refractivity contribution is 0.0697. The van der Waals surface area contributed by atoms with E-state index in [1.54, 1.807) is 18.2 Å². The minimum Gasteiger partial charge on any atom is -0.478 e. The van der Waals surface area contributed by atoms with E-state index in [2.05, 4.69) is 22.2 Å². The highest BCUT2D eigenvalue weighted by Crippen LogP contribution is 2.20. The SMILES string of the molecule is CCCCOCCNc1ncnc2cc(C(=O)O)ccc12. The first-order valence-electron chi connectivity index (χ1n) is 7.02. The average molecular weight is 289 g/mol. The van der Waals surface area contributed by atoms with Crippen molar-refractivity contribution in [1.29, 1.82) is 0 Å². The fourth-order valence-corrected chi connectivity index (χ4v) is 1.92. The predicted octanol–water partition coefficient (Wildman–Crippen LogP) is 2.56. The molecule has 6 nitrogen and oxygen atoms in total. The molecule has 0 fully saturated rings. The molecule has 2 aromatic rings. The second kappa shape index (κ2) is 7.54. The Balaban J connectivity index is 2.01. The number of anilines is 1. The summed E-state index contributed by atoms with van der Waals surface area (Å²) in [7, 11) is 0. The van der Waals surface area contributed by atoms with E-state index in [0.29, 0.717) is 24.5 Å². The number of hydrogen-bond acceptors (Lipinski definition) is 5. The summed E-state index contributed by atoms with van der Waals surface area (Å²) in [5, 5.41) is 13.0. The van der Waals surface area contributed by atoms with Crippen molar-refractivity contribution >= 4 is 22.7 Å². The molecule has 0 unspecified atom stereocenters. The molecule has 6 heteroatoms. The van der Waals surface area contributed by atoms with Crippen LogP contribution in [-0.4, -0.2) is 40.8 Å². The molecule has 1 heterocycles. The fourth-order valence-electron chi connectivity index (χ4n) is 1.92. The highest BCUT2D eigenvalue weighted by molar-refractivity contribution is 5.96. The number of nitrogens with zero attached hydrogens (tertiary/aromatic N) is 2. The first-order chi connectivity index (χ1) is 10.2. The zero-order valence-corrected chi connectivity index (χ0v) is 12.0. The Morgan fingerprint density at radius 1 is 1.33 bits per heavy atom. The summed E-state index contributed by atoms with van der Waals surface area (Å²) in [5.41, 5.74) is 0.828. The van der Waals surface area contributed by atoms with E-state index in [1.165, 1.54) is 6.33 Å². The summed E-state index contributed by atoms with van der Waals surface area (Å²) < 4.78 is 5.47. The van der Waals surface area contributed by atoms with Gasteiger partial charge in [-0.3, -0.25) is 0 Å². The van der Waals surface area contributed by atoms with Gasteiger partial charge >= 0.3 is 5.97 Å². The number of hydrogen-bond donors (Lipinski definition) is 2. The zero-order valence-electron chi connectivity index (χ0n) is 12.0. The van der Waals surface area contributed by atoms with Gasteiger partial charge in [0.1, 0.15) is 12.1 Å². The van der Waals surface area contributed by atoms with Gasteiger partial charge in [0, 0.05) is 18.5 Å². The third kappa shape index (κ3) is 4.13. The number of rotatable bonds is 8. The second-order valence-corrected chi connectivity index (χ2v) is 4.65. The lowest BCUT2D eigenvalue weighted by Gasteiger charge is -2.09. The third-order valence-electron chi connectivity index (χ3n) is 3.06. The molecule has 0 atom stereocenters. The summed E-state index contributed by atoms with van der Waals surface area (Å²) in [6.45, 7) is 4.15. The number of unbranched alkanes of at least 4 members (excludes halogenated alkanes) is 1. The fraction of sp³-hybridized carbons (Fsp3) is 0.400. The molecule has 0 bridgehead atoms. The first kappa shape index (κ1) is 15.2. The van der Waals surface area contributed by atoms with Gasteiger partial charge in [-0.25, -0.2) is 14.8 Å². The molecule has 0 amide bonds. The van der Waals surface area contributed by atoms with Crippen LogP contribution in [-0.2, 0) is 4.74 Å². The van der Waals surface area contributed by atoms with Gasteiger partial charge in [-0.2, -0.15) is 0 Å². The van der Waals surface area contributed by atoms with Gasteiger partial charge in [-0.05, 0) is 24.6 Å². The molecule has 1 aromatic carbocycles. The molecule has 0 saturated carbocycles. The van der Waals surface area contributed by atoms with Gasteiger partial charge in [0.15, 0.2) is 0 Å². The van der Waals surface area contributed by atoms with Crippen LogP contribution in [0.3, 0.4) is 0 Å². The van der Waals surface area contributed by atoms with Gasteiger partial charge in [-0.15, -0.1) is 0 Å². The number of carbonyl (C=O) groups is 1. The first-order valence-corrected chi connectivity index (χ1v) is 7.02. The van der Waals surface area contributed by atoms with Crippen molar-refractivity contribution in [2.24, 2.45) is 0 Å². The van der Waals surface area contributed by atoms with Crippen LogP contribution in [0.15, 0.2) is 24.5 Å². The Morgan fingerprint density at radius 3 is 2.95 bits per heavy atom. The van der Waals surface area contributed by atoms with Crippen LogP contribution in [0, 0.1) is 0 Å². The Hall–Kier alpha value is -2.21. The summed E-state index contributed by atoms with van der Waals surface area (Å²) in [6.07, 6.45) is 3.61. The van der Waals surface area contributed by atoms with E-state index in [-0.39, 0.29) is 5.56 Å². The van der Waals surface area contributed by atoms with Crippen molar-refractivity contribution < 1.29 is 14.6 Å². The molecule has 0 spiro atoms. The molecular weight excluding hydrogens is 270 g/mol. The molecule has 0 aliphatic carbocycles. The van der Waals surface area contributed by atoms with Gasteiger partial charge in [-0.1, -0.05) is 13.3 Å². The minimum absolute atomic E-state index is 0.218. The van der Waals surface area contributed by atoms with Crippen LogP contribution in [0.4, 0.5) is 5.82 Å². The van der Waals surface area contributed by atoms with Crippen molar-refractivity contribution in [2.45, 2.75) is 19.8 Å². The topological polar surface area (TPSA) is 84.3 Å². The minimum atomic E-state index is -0.964. The van der Waals surface area contributed by atoms with Crippen LogP contribution in [0.5, 0.6) is 0 Å². The molecule has 112 valence electrons. The normalized spacial score (nSPS) is 10.7. The summed E-state index contributed by atoms with van der Waals surface area (Å²) in [4.78, 5) is 19.2. The number of benzene rings is 1. The van der Waals surface area contributed by atoms with E-state index < -0.39 is 5.97 Å². The zero-order chi connectivity index (χ0) is 15.1. The Kier molecular flexibility index (Phi) is 5.45. The summed E-state index contributed by atoms with van der Waals surface area (Å²) >= 11 is 0. The van der Waals surface area contributed by atoms with Crippen LogP contribution >= 0.6 is 0 Å². The average Bonchev–Trinajstić information content (AvgIpc) is 2.50. The summed E-state index contributed by atoms with van der Waals surface area (Å²) in [6, 6.07) is 4.82. The van der Waals surface area contributed by atoms with Crippen molar-refractivity contribution in [1.82, 2.24) is 9.97 Å². The van der Waals surface area contributed by atoms with Gasteiger partial charge in [0.05, 0.1) is 17.7 Å². The molecule has 0 radical (unpaired) electrons. The smallest absolute Gasteiger partial charge is 0.335 e. The third-order valence-corrected chi connectivity index (χ3v) is 3.06. The molecular formula is C15H19N3O3. The second-order valence-electron chi connectivity index (χ2n) is 4.65. The highest BCUT2D eigenvalue weighted by Gasteiger charge is 2.07. The summed E-state index contributed by atoms with van der Waals surface area (Å²) in [5.74, 6) is -0.273. The van der Waals surface area contributed by atoms with Crippen LogP contribution in [0.25, 0.3) is 10.9 Å². The molecule has 2 N–H and O–H groups in total. The van der Waals surface area contributed by atoms with Crippen molar-refractivity contribution in [2.75, 3.05) is 25.1 Å². The van der Waals surface area contributed by atoms with Crippen molar-refractivity contribution in [3.63, 3.8) is 0 Å². The van der Waals surface area contributed by atoms with E-state index in [9.17, 15) is 4.79 Å². The largest absolute Gasteiger partial charge is 0.478 e. The van der Waals surface area contributed by atoms with E-state index in [0.717, 1.165) is 24.8 Å². The lowest BCUT2D eigenvalue weighted by Crippen LogP contribution is -2.11. The van der Waals surface area contributed by atoms with E-state index >= 15 is 0 Å². The number of aromatic carboxylic acids is 1. The lowest BCUT2D eigenvalue weighted by atomic mass is 10.1. The molecule has 21 heavy (non-hydrogen) atoms. The van der Waals surface area contributed by atoms with E-state index in [4.69, 9.17) is 9.84 Å². The van der Waals surface area contributed by atoms with Crippen LogP contribution in [0.2, 0.25) is 0 Å². The molecule has 0 aliphatic rings. The number of aromatic nitrogens is 2. The van der Waals surface area contributed by atoms with Crippen LogP contribution < -0.4 is 5.32 Å². The van der Waals surface area contributed by atoms with E-state index in [1.807, 2.05) is 0 Å². The number of nitrogens with one attached hydrogen (secondary N) is 1. The highest BCUT2D eigenvalue weighted by atomic mass is 16.5. The van der Waals surface area contributed by atoms with Crippen molar-refractivity contribution in [3.05, 3.63) is 30.1 Å². The quantitative estimate of drug-likeness (QED) is 0.727. The maximum atomic E-state index is 11.0. The number of carboxylic acids is 1. The molecule has 0 saturated heterocycles.